The Hall–Kier alpha value is -0.720. The number of thioether (sulfide) groups is 1. The van der Waals surface area contributed by atoms with Crippen LogP contribution in [-0.2, 0) is 4.79 Å². The van der Waals surface area contributed by atoms with Gasteiger partial charge in [0.25, 0.3) is 0 Å². The van der Waals surface area contributed by atoms with Gasteiger partial charge in [0.1, 0.15) is 0 Å². The van der Waals surface area contributed by atoms with Crippen molar-refractivity contribution in [3.05, 3.63) is 56.6 Å². The highest BCUT2D eigenvalue weighted by Crippen LogP contribution is 2.40. The molecule has 0 aromatic heterocycles. The molecule has 20 heavy (non-hydrogen) atoms. The van der Waals surface area contributed by atoms with Crippen LogP contribution in [0.2, 0.25) is 5.02 Å². The number of anilines is 1. The average molecular weight is 416 g/mol. The Balaban J connectivity index is 1.81. The molecule has 0 aliphatic carbocycles. The van der Waals surface area contributed by atoms with E-state index in [0.717, 1.165) is 20.6 Å². The summed E-state index contributed by atoms with van der Waals surface area (Å²) in [6, 6.07) is 13.6. The van der Waals surface area contributed by atoms with Crippen molar-refractivity contribution in [2.24, 2.45) is 0 Å². The van der Waals surface area contributed by atoms with Crippen molar-refractivity contribution in [3.63, 3.8) is 0 Å². The first kappa shape index (κ1) is 14.2. The van der Waals surface area contributed by atoms with Crippen LogP contribution in [0.5, 0.6) is 0 Å². The summed E-state index contributed by atoms with van der Waals surface area (Å²) in [4.78, 5) is 13.7. The van der Waals surface area contributed by atoms with Crippen molar-refractivity contribution >= 4 is 57.5 Å². The molecule has 1 aliphatic heterocycles. The average Bonchev–Trinajstić information content (AvgIpc) is 2.86. The summed E-state index contributed by atoms with van der Waals surface area (Å²) in [6.07, 6.45) is 0. The zero-order valence-corrected chi connectivity index (χ0v) is 14.1. The number of hydrogen-bond donors (Lipinski definition) is 1. The number of carbonyl (C=O) groups is 1. The predicted molar refractivity (Wildman–Crippen MR) is 92.7 cm³/mol. The van der Waals surface area contributed by atoms with Crippen molar-refractivity contribution in [1.82, 2.24) is 0 Å². The second-order valence-electron chi connectivity index (χ2n) is 4.51. The molecular weight excluding hydrogens is 405 g/mol. The largest absolute Gasteiger partial charge is 0.325 e. The summed E-state index contributed by atoms with van der Waals surface area (Å²) in [7, 11) is 0. The van der Waals surface area contributed by atoms with Crippen molar-refractivity contribution in [2.75, 3.05) is 11.1 Å². The number of fused-ring (bicyclic) bond motifs is 1. The first-order valence-corrected chi connectivity index (χ1v) is 8.57. The molecule has 3 rings (SSSR count). The van der Waals surface area contributed by atoms with E-state index in [4.69, 9.17) is 11.6 Å². The summed E-state index contributed by atoms with van der Waals surface area (Å²) in [6.45, 7) is 0. The summed E-state index contributed by atoms with van der Waals surface area (Å²) >= 11 is 9.84. The highest BCUT2D eigenvalue weighted by molar-refractivity contribution is 14.1. The van der Waals surface area contributed by atoms with Crippen molar-refractivity contribution < 1.29 is 4.79 Å². The van der Waals surface area contributed by atoms with Gasteiger partial charge in [-0.3, -0.25) is 4.79 Å². The van der Waals surface area contributed by atoms with Crippen LogP contribution in [0, 0.1) is 3.57 Å². The molecule has 1 N–H and O–H groups in total. The zero-order valence-electron chi connectivity index (χ0n) is 10.4. The van der Waals surface area contributed by atoms with Crippen LogP contribution in [0.4, 0.5) is 5.69 Å². The van der Waals surface area contributed by atoms with Crippen LogP contribution in [0.15, 0.2) is 47.4 Å². The zero-order chi connectivity index (χ0) is 14.1. The van der Waals surface area contributed by atoms with Crippen LogP contribution in [0.1, 0.15) is 11.5 Å². The summed E-state index contributed by atoms with van der Waals surface area (Å²) in [5, 5.41) is 3.68. The Kier molecular flexibility index (Phi) is 4.23. The molecule has 0 saturated carbocycles. The van der Waals surface area contributed by atoms with Gasteiger partial charge in [-0.1, -0.05) is 29.8 Å². The molecule has 2 nitrogen and oxygen atoms in total. The van der Waals surface area contributed by atoms with Gasteiger partial charge in [0.15, 0.2) is 0 Å². The minimum atomic E-state index is -0.0809. The van der Waals surface area contributed by atoms with Gasteiger partial charge in [-0.05, 0) is 52.4 Å². The third kappa shape index (κ3) is 2.82. The lowest BCUT2D eigenvalue weighted by atomic mass is 10.0. The maximum Gasteiger partial charge on any atom is 0.232 e. The number of hydrogen-bond acceptors (Lipinski definition) is 2. The Morgan fingerprint density at radius 1 is 1.30 bits per heavy atom. The van der Waals surface area contributed by atoms with Gasteiger partial charge in [-0.2, -0.15) is 0 Å². The highest BCUT2D eigenvalue weighted by atomic mass is 127. The van der Waals surface area contributed by atoms with Gasteiger partial charge in [0.05, 0.1) is 11.6 Å². The number of rotatable bonds is 2. The lowest BCUT2D eigenvalue weighted by Crippen LogP contribution is -2.21. The van der Waals surface area contributed by atoms with Gasteiger partial charge in [0, 0.05) is 19.2 Å². The van der Waals surface area contributed by atoms with Crippen LogP contribution in [0.25, 0.3) is 0 Å². The molecule has 1 amide bonds. The third-order valence-corrected chi connectivity index (χ3v) is 5.52. The van der Waals surface area contributed by atoms with Crippen molar-refractivity contribution in [3.8, 4) is 0 Å². The Morgan fingerprint density at radius 2 is 2.10 bits per heavy atom. The topological polar surface area (TPSA) is 29.1 Å². The lowest BCUT2D eigenvalue weighted by Gasteiger charge is -2.13. The molecule has 5 heteroatoms. The second-order valence-corrected chi connectivity index (χ2v) is 7.18. The second kappa shape index (κ2) is 5.95. The monoisotopic (exact) mass is 415 g/mol. The van der Waals surface area contributed by atoms with Crippen molar-refractivity contribution in [2.45, 2.75) is 10.8 Å². The van der Waals surface area contributed by atoms with E-state index in [9.17, 15) is 4.79 Å². The predicted octanol–water partition coefficient (Wildman–Crippen LogP) is 4.77. The number of benzene rings is 2. The number of amides is 1. The Bertz CT molecular complexity index is 677. The normalized spacial score (nSPS) is 16.8. The molecule has 102 valence electrons. The van der Waals surface area contributed by atoms with Gasteiger partial charge in [0.2, 0.25) is 5.91 Å². The number of nitrogens with one attached hydrogen (secondary N) is 1. The summed E-state index contributed by atoms with van der Waals surface area (Å²) < 4.78 is 0.947. The van der Waals surface area contributed by atoms with Gasteiger partial charge in [-0.15, -0.1) is 11.8 Å². The quantitative estimate of drug-likeness (QED) is 0.716. The minimum absolute atomic E-state index is 0.0442. The minimum Gasteiger partial charge on any atom is -0.325 e. The standard InChI is InChI=1S/C15H11ClINOS/c16-9-5-6-13(12(17)7-9)18-15(19)11-8-20-14-4-2-1-3-10(11)14/h1-7,11H,8H2,(H,18,19). The van der Waals surface area contributed by atoms with Gasteiger partial charge >= 0.3 is 0 Å². The SMILES string of the molecule is O=C(Nc1ccc(Cl)cc1I)C1CSc2ccccc21. The van der Waals surface area contributed by atoms with E-state index in [1.54, 1.807) is 17.8 Å². The van der Waals surface area contributed by atoms with Crippen molar-refractivity contribution in [1.29, 1.82) is 0 Å². The highest BCUT2D eigenvalue weighted by Gasteiger charge is 2.29. The molecule has 1 aliphatic rings. The Labute approximate surface area is 140 Å². The van der Waals surface area contributed by atoms with E-state index in [0.29, 0.717) is 5.02 Å². The number of halogens is 2. The molecule has 1 atom stereocenters. The maximum absolute atomic E-state index is 12.5. The molecule has 0 bridgehead atoms. The molecule has 0 saturated heterocycles. The number of carbonyl (C=O) groups excluding carboxylic acids is 1. The summed E-state index contributed by atoms with van der Waals surface area (Å²) in [5.41, 5.74) is 1.94. The van der Waals surface area contributed by atoms with Crippen LogP contribution >= 0.6 is 46.0 Å². The summed E-state index contributed by atoms with van der Waals surface area (Å²) in [5.74, 6) is 0.764. The molecule has 1 heterocycles. The maximum atomic E-state index is 12.5. The van der Waals surface area contributed by atoms with E-state index in [2.05, 4.69) is 34.0 Å². The Morgan fingerprint density at radius 3 is 2.90 bits per heavy atom. The molecular formula is C15H11ClINOS. The van der Waals surface area contributed by atoms with E-state index in [1.807, 2.05) is 30.3 Å². The first-order valence-electron chi connectivity index (χ1n) is 6.13. The molecule has 2 aromatic rings. The molecule has 0 radical (unpaired) electrons. The molecule has 2 aromatic carbocycles. The smallest absolute Gasteiger partial charge is 0.232 e. The fourth-order valence-corrected chi connectivity index (χ4v) is 4.43. The fraction of sp³-hybridized carbons (Fsp3) is 0.133. The van der Waals surface area contributed by atoms with Crippen LogP contribution in [-0.4, -0.2) is 11.7 Å². The van der Waals surface area contributed by atoms with Gasteiger partial charge in [-0.25, -0.2) is 0 Å². The van der Waals surface area contributed by atoms with Gasteiger partial charge < -0.3 is 5.32 Å². The van der Waals surface area contributed by atoms with E-state index >= 15 is 0 Å². The van der Waals surface area contributed by atoms with Crippen LogP contribution in [0.3, 0.4) is 0 Å². The van der Waals surface area contributed by atoms with E-state index < -0.39 is 0 Å². The first-order chi connectivity index (χ1) is 9.65. The fourth-order valence-electron chi connectivity index (χ4n) is 2.19. The third-order valence-electron chi connectivity index (χ3n) is 3.21. The van der Waals surface area contributed by atoms with E-state index in [-0.39, 0.29) is 11.8 Å². The lowest BCUT2D eigenvalue weighted by molar-refractivity contribution is -0.117. The molecule has 0 spiro atoms. The molecule has 0 fully saturated rings. The van der Waals surface area contributed by atoms with Crippen LogP contribution < -0.4 is 5.32 Å². The van der Waals surface area contributed by atoms with E-state index in [1.165, 1.54) is 4.90 Å². The molecule has 1 unspecified atom stereocenters.